The molecule has 0 saturated carbocycles. The number of sulfone groups is 1. The van der Waals surface area contributed by atoms with E-state index in [4.69, 9.17) is 21.1 Å². The maximum Gasteiger partial charge on any atom is 0.250 e. The summed E-state index contributed by atoms with van der Waals surface area (Å²) >= 11 is 7.65. The average molecular weight is 447 g/mol. The molecule has 2 heterocycles. The molecule has 0 spiro atoms. The Bertz CT molecular complexity index is 919. The number of aliphatic imine (C=N–C) groups is 1. The smallest absolute Gasteiger partial charge is 0.250 e. The van der Waals surface area contributed by atoms with Crippen LogP contribution < -0.4 is 14.4 Å². The molecule has 1 aromatic carbocycles. The largest absolute Gasteiger partial charge is 0.495 e. The molecule has 2 aliphatic heterocycles. The number of hydrogen-bond acceptors (Lipinski definition) is 6. The van der Waals surface area contributed by atoms with Gasteiger partial charge in [0.05, 0.1) is 42.5 Å². The molecule has 0 radical (unpaired) electrons. The number of thioether (sulfide) groups is 1. The van der Waals surface area contributed by atoms with Crippen molar-refractivity contribution in [2.75, 3.05) is 30.6 Å². The van der Waals surface area contributed by atoms with Gasteiger partial charge in [0, 0.05) is 17.2 Å². The lowest BCUT2D eigenvalue weighted by Crippen LogP contribution is -2.38. The van der Waals surface area contributed by atoms with E-state index in [0.717, 1.165) is 0 Å². The van der Waals surface area contributed by atoms with Gasteiger partial charge in [-0.3, -0.25) is 4.79 Å². The maximum atomic E-state index is 12.5. The van der Waals surface area contributed by atoms with E-state index in [9.17, 15) is 13.2 Å². The number of carbonyl (C=O) groups is 1. The van der Waals surface area contributed by atoms with Gasteiger partial charge in [-0.25, -0.2) is 8.42 Å². The van der Waals surface area contributed by atoms with Crippen molar-refractivity contribution < 1.29 is 22.7 Å². The number of benzene rings is 1. The predicted molar refractivity (Wildman–Crippen MR) is 113 cm³/mol. The molecule has 10 heteroatoms. The lowest BCUT2D eigenvalue weighted by molar-refractivity contribution is -0.121. The van der Waals surface area contributed by atoms with E-state index < -0.39 is 9.84 Å². The quantitative estimate of drug-likeness (QED) is 0.687. The van der Waals surface area contributed by atoms with Crippen LogP contribution in [0.5, 0.6) is 11.5 Å². The van der Waals surface area contributed by atoms with E-state index in [2.05, 4.69) is 4.99 Å². The van der Waals surface area contributed by atoms with Crippen LogP contribution in [0.4, 0.5) is 5.69 Å². The molecule has 0 aromatic heterocycles. The third-order valence-electron chi connectivity index (χ3n) is 5.02. The molecule has 154 valence electrons. The Morgan fingerprint density at radius 1 is 1.32 bits per heavy atom. The number of hydrogen-bond donors (Lipinski definition) is 0. The van der Waals surface area contributed by atoms with Crippen LogP contribution in [0, 0.1) is 5.92 Å². The number of nitrogens with zero attached hydrogens (tertiary/aromatic N) is 2. The minimum atomic E-state index is -3.16. The Kier molecular flexibility index (Phi) is 6.17. The first-order chi connectivity index (χ1) is 13.2. The van der Waals surface area contributed by atoms with Gasteiger partial charge in [-0.15, -0.1) is 0 Å². The Morgan fingerprint density at radius 2 is 2.00 bits per heavy atom. The van der Waals surface area contributed by atoms with E-state index in [1.165, 1.54) is 26.0 Å². The second-order valence-electron chi connectivity index (χ2n) is 6.87. The summed E-state index contributed by atoms with van der Waals surface area (Å²) in [4.78, 5) is 18.6. The van der Waals surface area contributed by atoms with Crippen LogP contribution in [0.3, 0.4) is 0 Å². The van der Waals surface area contributed by atoms with Gasteiger partial charge in [0.2, 0.25) is 0 Å². The number of methoxy groups -OCH3 is 2. The summed E-state index contributed by atoms with van der Waals surface area (Å²) in [5.41, 5.74) is 0.570. The minimum absolute atomic E-state index is 0.00594. The first kappa shape index (κ1) is 21.3. The highest BCUT2D eigenvalue weighted by Gasteiger charge is 2.50. The van der Waals surface area contributed by atoms with Crippen LogP contribution in [0.25, 0.3) is 0 Å². The molecule has 2 saturated heterocycles. The molecular formula is C18H23ClN2O5S2. The standard InChI is InChI=1S/C18H23ClN2O5S2/c1-5-10(2)17(22)20-18-21(13-8-28(23,24)9-16(13)27-18)12-6-11(19)14(25-3)7-15(12)26-4/h6-7,10,13,16H,5,8-9H2,1-4H3/t10-,13-,16+/m1/s1. The number of halogens is 1. The van der Waals surface area contributed by atoms with Gasteiger partial charge in [0.25, 0.3) is 5.91 Å². The molecule has 0 N–H and O–H groups in total. The average Bonchev–Trinajstić information content (AvgIpc) is 3.11. The van der Waals surface area contributed by atoms with E-state index in [0.29, 0.717) is 33.8 Å². The molecular weight excluding hydrogens is 424 g/mol. The van der Waals surface area contributed by atoms with Gasteiger partial charge < -0.3 is 14.4 Å². The third kappa shape index (κ3) is 3.97. The molecule has 3 rings (SSSR count). The summed E-state index contributed by atoms with van der Waals surface area (Å²) in [6.07, 6.45) is 0.680. The first-order valence-electron chi connectivity index (χ1n) is 8.91. The van der Waals surface area contributed by atoms with E-state index in [-0.39, 0.29) is 34.6 Å². The maximum absolute atomic E-state index is 12.5. The van der Waals surface area contributed by atoms with E-state index >= 15 is 0 Å². The van der Waals surface area contributed by atoms with E-state index in [1.54, 1.807) is 17.0 Å². The number of amidine groups is 1. The van der Waals surface area contributed by atoms with Crippen molar-refractivity contribution in [3.05, 3.63) is 17.2 Å². The molecule has 2 aliphatic rings. The zero-order valence-electron chi connectivity index (χ0n) is 16.1. The van der Waals surface area contributed by atoms with Crippen LogP contribution in [-0.4, -0.2) is 56.5 Å². The first-order valence-corrected chi connectivity index (χ1v) is 12.0. The third-order valence-corrected chi connectivity index (χ3v) is 8.52. The predicted octanol–water partition coefficient (Wildman–Crippen LogP) is 3.00. The monoisotopic (exact) mass is 446 g/mol. The molecule has 0 bridgehead atoms. The minimum Gasteiger partial charge on any atom is -0.495 e. The molecule has 3 atom stereocenters. The number of rotatable bonds is 5. The van der Waals surface area contributed by atoms with Crippen LogP contribution in [0.1, 0.15) is 20.3 Å². The van der Waals surface area contributed by atoms with Crippen LogP contribution in [-0.2, 0) is 14.6 Å². The van der Waals surface area contributed by atoms with Crippen LogP contribution in [0.2, 0.25) is 5.02 Å². The molecule has 1 aromatic rings. The number of anilines is 1. The summed E-state index contributed by atoms with van der Waals surface area (Å²) < 4.78 is 35.1. The van der Waals surface area contributed by atoms with Crippen LogP contribution >= 0.6 is 23.4 Å². The fourth-order valence-corrected chi connectivity index (χ4v) is 7.41. The SMILES string of the molecule is CC[C@@H](C)C(=O)N=C1S[C@H]2CS(=O)(=O)C[C@H]2N1c1cc(Cl)c(OC)cc1OC. The zero-order chi connectivity index (χ0) is 20.6. The lowest BCUT2D eigenvalue weighted by Gasteiger charge is -2.27. The number of fused-ring (bicyclic) bond motifs is 1. The van der Waals surface area contributed by atoms with Gasteiger partial charge >= 0.3 is 0 Å². The fourth-order valence-electron chi connectivity index (χ4n) is 3.26. The Morgan fingerprint density at radius 3 is 2.61 bits per heavy atom. The van der Waals surface area contributed by atoms with Crippen molar-refractivity contribution in [1.82, 2.24) is 0 Å². The topological polar surface area (TPSA) is 85.3 Å². The Hall–Kier alpha value is -1.45. The molecule has 7 nitrogen and oxygen atoms in total. The highest BCUT2D eigenvalue weighted by molar-refractivity contribution is 8.16. The highest BCUT2D eigenvalue weighted by atomic mass is 35.5. The summed E-state index contributed by atoms with van der Waals surface area (Å²) in [5.74, 6) is 0.529. The van der Waals surface area contributed by atoms with Crippen molar-refractivity contribution >= 4 is 50.0 Å². The summed E-state index contributed by atoms with van der Waals surface area (Å²) in [7, 11) is -0.146. The Balaban J connectivity index is 2.11. The van der Waals surface area contributed by atoms with Gasteiger partial charge in [-0.05, 0) is 12.5 Å². The fraction of sp³-hybridized carbons (Fsp3) is 0.556. The highest BCUT2D eigenvalue weighted by Crippen LogP contribution is 2.46. The Labute approximate surface area is 174 Å². The van der Waals surface area contributed by atoms with Crippen molar-refractivity contribution in [3.63, 3.8) is 0 Å². The summed E-state index contributed by atoms with van der Waals surface area (Å²) in [6, 6.07) is 2.97. The van der Waals surface area contributed by atoms with Crippen molar-refractivity contribution in [3.8, 4) is 11.5 Å². The summed E-state index contributed by atoms with van der Waals surface area (Å²) in [5, 5.41) is 0.647. The van der Waals surface area contributed by atoms with Gasteiger partial charge in [0.1, 0.15) is 11.5 Å². The second kappa shape index (κ2) is 8.12. The van der Waals surface area contributed by atoms with Crippen LogP contribution in [0.15, 0.2) is 17.1 Å². The zero-order valence-corrected chi connectivity index (χ0v) is 18.5. The van der Waals surface area contributed by atoms with Crippen molar-refractivity contribution in [2.24, 2.45) is 10.9 Å². The molecule has 28 heavy (non-hydrogen) atoms. The number of ether oxygens (including phenoxy) is 2. The summed E-state index contributed by atoms with van der Waals surface area (Å²) in [6.45, 7) is 3.75. The number of carbonyl (C=O) groups excluding carboxylic acids is 1. The molecule has 1 amide bonds. The van der Waals surface area contributed by atoms with Gasteiger partial charge in [-0.1, -0.05) is 37.2 Å². The van der Waals surface area contributed by atoms with Crippen molar-refractivity contribution in [2.45, 2.75) is 31.6 Å². The van der Waals surface area contributed by atoms with Gasteiger partial charge in [-0.2, -0.15) is 4.99 Å². The normalized spacial score (nSPS) is 25.6. The lowest BCUT2D eigenvalue weighted by atomic mass is 10.1. The van der Waals surface area contributed by atoms with E-state index in [1.807, 2.05) is 13.8 Å². The van der Waals surface area contributed by atoms with Crippen molar-refractivity contribution in [1.29, 1.82) is 0 Å². The molecule has 0 aliphatic carbocycles. The second-order valence-corrected chi connectivity index (χ2v) is 10.6. The van der Waals surface area contributed by atoms with Gasteiger partial charge in [0.15, 0.2) is 15.0 Å². The number of amides is 1. The molecule has 2 fully saturated rings. The molecule has 0 unspecified atom stereocenters.